The van der Waals surface area contributed by atoms with Gasteiger partial charge in [0.15, 0.2) is 0 Å². The van der Waals surface area contributed by atoms with Gasteiger partial charge in [-0.25, -0.2) is 0 Å². The van der Waals surface area contributed by atoms with E-state index in [4.69, 9.17) is 11.6 Å². The van der Waals surface area contributed by atoms with Crippen molar-refractivity contribution in [2.24, 2.45) is 0 Å². The van der Waals surface area contributed by atoms with Crippen LogP contribution in [0.15, 0.2) is 18.2 Å². The first kappa shape index (κ1) is 12.3. The lowest BCUT2D eigenvalue weighted by Crippen LogP contribution is -2.24. The molecule has 1 atom stereocenters. The van der Waals surface area contributed by atoms with E-state index < -0.39 is 4.92 Å². The van der Waals surface area contributed by atoms with Gasteiger partial charge in [0.2, 0.25) is 5.91 Å². The number of anilines is 1. The van der Waals surface area contributed by atoms with Crippen molar-refractivity contribution in [2.45, 2.75) is 11.2 Å². The van der Waals surface area contributed by atoms with E-state index in [9.17, 15) is 14.9 Å². The molecule has 0 bridgehead atoms. The van der Waals surface area contributed by atoms with Crippen molar-refractivity contribution >= 4 is 44.8 Å². The normalized spacial score (nSPS) is 19.8. The molecule has 5 nitrogen and oxygen atoms in total. The fourth-order valence-electron chi connectivity index (χ4n) is 1.72. The molecule has 1 saturated heterocycles. The van der Waals surface area contributed by atoms with Gasteiger partial charge < -0.3 is 4.90 Å². The van der Waals surface area contributed by atoms with E-state index in [1.54, 1.807) is 6.07 Å². The number of rotatable bonds is 2. The summed E-state index contributed by atoms with van der Waals surface area (Å²) in [6, 6.07) is 4.37. The van der Waals surface area contributed by atoms with Crippen LogP contribution in [-0.4, -0.2) is 22.2 Å². The number of nitro groups is 1. The van der Waals surface area contributed by atoms with Gasteiger partial charge >= 0.3 is 0 Å². The molecular weight excluding hydrogens is 311 g/mol. The summed E-state index contributed by atoms with van der Waals surface area (Å²) >= 11 is 9.06. The van der Waals surface area contributed by atoms with Gasteiger partial charge in [-0.1, -0.05) is 27.5 Å². The Bertz CT molecular complexity index is 494. The molecule has 7 heteroatoms. The molecule has 0 aromatic heterocycles. The molecule has 0 radical (unpaired) electrons. The van der Waals surface area contributed by atoms with E-state index in [-0.39, 0.29) is 21.4 Å². The van der Waals surface area contributed by atoms with Crippen molar-refractivity contribution in [1.29, 1.82) is 0 Å². The third-order valence-electron chi connectivity index (χ3n) is 2.52. The van der Waals surface area contributed by atoms with Gasteiger partial charge in [0.1, 0.15) is 5.02 Å². The third kappa shape index (κ3) is 2.42. The summed E-state index contributed by atoms with van der Waals surface area (Å²) in [5.74, 6) is -0.0523. The molecular formula is C10H8BrClN2O3. The van der Waals surface area contributed by atoms with Gasteiger partial charge in [-0.15, -0.1) is 0 Å². The lowest BCUT2D eigenvalue weighted by atomic mass is 10.2. The lowest BCUT2D eigenvalue weighted by Gasteiger charge is -2.15. The highest BCUT2D eigenvalue weighted by molar-refractivity contribution is 9.09. The first-order chi connectivity index (χ1) is 7.99. The molecule has 1 unspecified atom stereocenters. The van der Waals surface area contributed by atoms with E-state index in [0.717, 1.165) is 0 Å². The van der Waals surface area contributed by atoms with Crippen LogP contribution >= 0.6 is 27.5 Å². The Morgan fingerprint density at radius 3 is 2.76 bits per heavy atom. The zero-order valence-corrected chi connectivity index (χ0v) is 10.9. The van der Waals surface area contributed by atoms with Crippen molar-refractivity contribution in [1.82, 2.24) is 0 Å². The van der Waals surface area contributed by atoms with E-state index in [2.05, 4.69) is 15.9 Å². The molecule has 0 spiro atoms. The van der Waals surface area contributed by atoms with Crippen LogP contribution in [0.4, 0.5) is 11.4 Å². The highest BCUT2D eigenvalue weighted by atomic mass is 79.9. The number of alkyl halides is 1. The summed E-state index contributed by atoms with van der Waals surface area (Å²) < 4.78 is 0. The fourth-order valence-corrected chi connectivity index (χ4v) is 2.48. The monoisotopic (exact) mass is 318 g/mol. The minimum atomic E-state index is -0.558. The zero-order valence-electron chi connectivity index (χ0n) is 8.60. The van der Waals surface area contributed by atoms with Gasteiger partial charge in [-0.3, -0.25) is 14.9 Å². The Morgan fingerprint density at radius 2 is 2.24 bits per heavy atom. The van der Waals surface area contributed by atoms with Crippen LogP contribution in [0.2, 0.25) is 5.02 Å². The van der Waals surface area contributed by atoms with Crippen molar-refractivity contribution < 1.29 is 9.72 Å². The SMILES string of the molecule is O=C1CC(Br)CN1c1ccc(Cl)c([N+](=O)[O-])c1. The molecule has 0 aliphatic carbocycles. The van der Waals surface area contributed by atoms with E-state index in [0.29, 0.717) is 18.7 Å². The molecule has 0 N–H and O–H groups in total. The van der Waals surface area contributed by atoms with Gasteiger partial charge in [-0.05, 0) is 12.1 Å². The molecule has 2 rings (SSSR count). The van der Waals surface area contributed by atoms with Gasteiger partial charge in [0.25, 0.3) is 5.69 Å². The highest BCUT2D eigenvalue weighted by Crippen LogP contribution is 2.32. The van der Waals surface area contributed by atoms with Crippen LogP contribution in [0.25, 0.3) is 0 Å². The van der Waals surface area contributed by atoms with Gasteiger partial charge in [-0.2, -0.15) is 0 Å². The summed E-state index contributed by atoms with van der Waals surface area (Å²) in [7, 11) is 0. The number of amides is 1. The Hall–Kier alpha value is -1.14. The number of benzene rings is 1. The predicted octanol–water partition coefficient (Wildman–Crippen LogP) is 2.75. The molecule has 0 saturated carbocycles. The Balaban J connectivity index is 2.37. The number of nitro benzene ring substituents is 1. The fraction of sp³-hybridized carbons (Fsp3) is 0.300. The largest absolute Gasteiger partial charge is 0.311 e. The molecule has 1 amide bonds. The summed E-state index contributed by atoms with van der Waals surface area (Å²) in [6.07, 6.45) is 0.399. The van der Waals surface area contributed by atoms with Crippen LogP contribution < -0.4 is 4.90 Å². The van der Waals surface area contributed by atoms with Crippen LogP contribution in [0.1, 0.15) is 6.42 Å². The topological polar surface area (TPSA) is 63.5 Å². The smallest absolute Gasteiger partial charge is 0.289 e. The molecule has 90 valence electrons. The number of carbonyl (C=O) groups excluding carboxylic acids is 1. The highest BCUT2D eigenvalue weighted by Gasteiger charge is 2.29. The van der Waals surface area contributed by atoms with Crippen LogP contribution in [0, 0.1) is 10.1 Å². The van der Waals surface area contributed by atoms with Gasteiger partial charge in [0.05, 0.1) is 10.6 Å². The first-order valence-corrected chi connectivity index (χ1v) is 6.17. The molecule has 1 aliphatic rings. The minimum absolute atomic E-state index is 0.0523. The van der Waals surface area contributed by atoms with Crippen molar-refractivity contribution in [2.75, 3.05) is 11.4 Å². The standard InChI is InChI=1S/C10H8BrClN2O3/c11-6-3-10(15)13(5-6)7-1-2-8(12)9(4-7)14(16)17/h1-2,4,6H,3,5H2. The molecule has 1 fully saturated rings. The minimum Gasteiger partial charge on any atom is -0.311 e. The Labute approximate surface area is 111 Å². The number of hydrogen-bond acceptors (Lipinski definition) is 3. The average Bonchev–Trinajstić information content (AvgIpc) is 2.58. The Morgan fingerprint density at radius 1 is 1.53 bits per heavy atom. The van der Waals surface area contributed by atoms with E-state index in [1.165, 1.54) is 17.0 Å². The van der Waals surface area contributed by atoms with Gasteiger partial charge in [0, 0.05) is 23.9 Å². The number of hydrogen-bond donors (Lipinski definition) is 0. The number of halogens is 2. The molecule has 1 aliphatic heterocycles. The predicted molar refractivity (Wildman–Crippen MR) is 67.8 cm³/mol. The number of carbonyl (C=O) groups is 1. The second-order valence-corrected chi connectivity index (χ2v) is 5.40. The lowest BCUT2D eigenvalue weighted by molar-refractivity contribution is -0.384. The number of nitrogens with zero attached hydrogens (tertiary/aromatic N) is 2. The summed E-state index contributed by atoms with van der Waals surface area (Å²) in [6.45, 7) is 0.512. The average molecular weight is 320 g/mol. The Kier molecular flexibility index (Phi) is 3.35. The summed E-state index contributed by atoms with van der Waals surface area (Å²) in [5, 5.41) is 10.8. The van der Waals surface area contributed by atoms with E-state index >= 15 is 0 Å². The zero-order chi connectivity index (χ0) is 12.6. The maximum Gasteiger partial charge on any atom is 0.289 e. The molecule has 1 aromatic rings. The maximum absolute atomic E-state index is 11.6. The van der Waals surface area contributed by atoms with Crippen LogP contribution in [-0.2, 0) is 4.79 Å². The first-order valence-electron chi connectivity index (χ1n) is 4.87. The second kappa shape index (κ2) is 4.62. The molecule has 17 heavy (non-hydrogen) atoms. The van der Waals surface area contributed by atoms with Crippen LogP contribution in [0.3, 0.4) is 0 Å². The summed E-state index contributed by atoms with van der Waals surface area (Å²) in [5.41, 5.74) is 0.322. The molecule has 1 aromatic carbocycles. The van der Waals surface area contributed by atoms with Crippen molar-refractivity contribution in [3.63, 3.8) is 0 Å². The van der Waals surface area contributed by atoms with E-state index in [1.807, 2.05) is 0 Å². The second-order valence-electron chi connectivity index (χ2n) is 3.70. The van der Waals surface area contributed by atoms with Crippen molar-refractivity contribution in [3.05, 3.63) is 33.3 Å². The van der Waals surface area contributed by atoms with Crippen LogP contribution in [0.5, 0.6) is 0 Å². The quantitative estimate of drug-likeness (QED) is 0.478. The van der Waals surface area contributed by atoms with Crippen molar-refractivity contribution in [3.8, 4) is 0 Å². The third-order valence-corrected chi connectivity index (χ3v) is 3.45. The maximum atomic E-state index is 11.6. The molecule has 1 heterocycles. The summed E-state index contributed by atoms with van der Waals surface area (Å²) in [4.78, 5) is 23.4.